The zero-order valence-electron chi connectivity index (χ0n) is 12.5. The van der Waals surface area contributed by atoms with Crippen LogP contribution in [-0.2, 0) is 4.74 Å². The first-order valence-corrected chi connectivity index (χ1v) is 8.40. The molecule has 2 aliphatic heterocycles. The van der Waals surface area contributed by atoms with Gasteiger partial charge >= 0.3 is 0 Å². The Bertz CT molecular complexity index is 317. The van der Waals surface area contributed by atoms with E-state index in [1.165, 1.54) is 25.7 Å². The molecule has 0 aromatic rings. The lowest BCUT2D eigenvalue weighted by molar-refractivity contribution is -0.0885. The number of ether oxygens (including phenoxy) is 1. The Balaban J connectivity index is 1.62. The molecule has 2 N–H and O–H groups in total. The second-order valence-corrected chi connectivity index (χ2v) is 7.03. The molecule has 0 aromatic carbocycles. The van der Waals surface area contributed by atoms with Gasteiger partial charge in [-0.1, -0.05) is 12.8 Å². The van der Waals surface area contributed by atoms with E-state index in [0.717, 1.165) is 38.8 Å². The number of aliphatic hydroxyl groups is 2. The number of likely N-dealkylation sites (tertiary alicyclic amines) is 1. The third-order valence-corrected chi connectivity index (χ3v) is 5.61. The normalized spacial score (nSPS) is 39.0. The van der Waals surface area contributed by atoms with Crippen molar-refractivity contribution < 1.29 is 14.9 Å². The fraction of sp³-hybridized carbons (Fsp3) is 1.00. The molecule has 2 heterocycles. The summed E-state index contributed by atoms with van der Waals surface area (Å²) in [7, 11) is 0. The predicted octanol–water partition coefficient (Wildman–Crippen LogP) is 1.54. The third kappa shape index (κ3) is 3.19. The predicted molar refractivity (Wildman–Crippen MR) is 77.6 cm³/mol. The van der Waals surface area contributed by atoms with E-state index in [2.05, 4.69) is 4.90 Å². The maximum atomic E-state index is 10.7. The van der Waals surface area contributed by atoms with Crippen LogP contribution in [0.15, 0.2) is 0 Å². The van der Waals surface area contributed by atoms with E-state index in [4.69, 9.17) is 4.74 Å². The molecule has 0 unspecified atom stereocenters. The molecule has 116 valence electrons. The lowest BCUT2D eigenvalue weighted by atomic mass is 9.80. The van der Waals surface area contributed by atoms with Gasteiger partial charge in [0.05, 0.1) is 11.7 Å². The molecule has 0 spiro atoms. The molecule has 0 amide bonds. The van der Waals surface area contributed by atoms with Crippen molar-refractivity contribution >= 4 is 0 Å². The average molecular weight is 283 g/mol. The summed E-state index contributed by atoms with van der Waals surface area (Å²) in [5, 5.41) is 21.0. The summed E-state index contributed by atoms with van der Waals surface area (Å²) in [5.74, 6) is 0.426. The summed E-state index contributed by atoms with van der Waals surface area (Å²) < 4.78 is 5.37. The van der Waals surface area contributed by atoms with Crippen LogP contribution < -0.4 is 0 Å². The maximum absolute atomic E-state index is 10.7. The molecule has 3 atom stereocenters. The molecule has 0 radical (unpaired) electrons. The van der Waals surface area contributed by atoms with Crippen molar-refractivity contribution in [1.29, 1.82) is 0 Å². The van der Waals surface area contributed by atoms with Crippen molar-refractivity contribution in [1.82, 2.24) is 4.90 Å². The molecule has 4 heteroatoms. The summed E-state index contributed by atoms with van der Waals surface area (Å²) in [5.41, 5.74) is -0.569. The number of rotatable bonds is 3. The molecule has 0 bridgehead atoms. The summed E-state index contributed by atoms with van der Waals surface area (Å²) in [6.45, 7) is 3.21. The fourth-order valence-electron chi connectivity index (χ4n) is 4.41. The Kier molecular flexibility index (Phi) is 4.65. The van der Waals surface area contributed by atoms with Crippen LogP contribution in [0, 0.1) is 5.92 Å². The number of aliphatic hydroxyl groups excluding tert-OH is 1. The number of nitrogens with zero attached hydrogens (tertiary/aromatic N) is 1. The minimum atomic E-state index is -0.569. The Hall–Kier alpha value is -0.160. The largest absolute Gasteiger partial charge is 0.393 e. The van der Waals surface area contributed by atoms with Gasteiger partial charge < -0.3 is 14.9 Å². The van der Waals surface area contributed by atoms with Crippen LogP contribution in [0.2, 0.25) is 0 Å². The number of hydrogen-bond acceptors (Lipinski definition) is 4. The van der Waals surface area contributed by atoms with E-state index in [1.807, 2.05) is 0 Å². The lowest BCUT2D eigenvalue weighted by Gasteiger charge is -2.41. The number of β-amino-alcohol motifs (C(OH)–C–C–N with tert-alkyl or cyclic N) is 1. The molecular formula is C16H29NO3. The standard InChI is InChI=1S/C16H29NO3/c18-15-6-2-1-4-13(15)14-5-3-9-17(14)12-16(19)7-10-20-11-8-16/h13-15,18-19H,1-12H2/t13-,14+,15-/m1/s1. The van der Waals surface area contributed by atoms with Crippen LogP contribution in [0.3, 0.4) is 0 Å². The van der Waals surface area contributed by atoms with Crippen LogP contribution in [0.4, 0.5) is 0 Å². The van der Waals surface area contributed by atoms with E-state index >= 15 is 0 Å². The van der Waals surface area contributed by atoms with Gasteiger partial charge in [-0.15, -0.1) is 0 Å². The minimum Gasteiger partial charge on any atom is -0.393 e. The van der Waals surface area contributed by atoms with Gasteiger partial charge in [0.2, 0.25) is 0 Å². The molecule has 2 saturated heterocycles. The highest BCUT2D eigenvalue weighted by Gasteiger charge is 2.40. The van der Waals surface area contributed by atoms with Gasteiger partial charge in [-0.3, -0.25) is 4.90 Å². The van der Waals surface area contributed by atoms with Gasteiger partial charge in [0, 0.05) is 44.6 Å². The first kappa shape index (κ1) is 14.8. The third-order valence-electron chi connectivity index (χ3n) is 5.61. The van der Waals surface area contributed by atoms with E-state index in [0.29, 0.717) is 25.2 Å². The van der Waals surface area contributed by atoms with Crippen molar-refractivity contribution in [3.63, 3.8) is 0 Å². The van der Waals surface area contributed by atoms with Crippen molar-refractivity contribution in [2.75, 3.05) is 26.3 Å². The quantitative estimate of drug-likeness (QED) is 0.825. The Labute approximate surface area is 122 Å². The smallest absolute Gasteiger partial charge is 0.0818 e. The maximum Gasteiger partial charge on any atom is 0.0818 e. The fourth-order valence-corrected chi connectivity index (χ4v) is 4.41. The molecule has 0 aromatic heterocycles. The minimum absolute atomic E-state index is 0.126. The SMILES string of the molecule is O[C@@H]1CCCC[C@@H]1[C@@H]1CCCN1CC1(O)CCOCC1. The second kappa shape index (κ2) is 6.30. The molecule has 1 aliphatic carbocycles. The molecule has 3 aliphatic rings. The summed E-state index contributed by atoms with van der Waals surface area (Å²) in [6.07, 6.45) is 8.33. The van der Waals surface area contributed by atoms with Gasteiger partial charge in [0.15, 0.2) is 0 Å². The van der Waals surface area contributed by atoms with Crippen LogP contribution in [0.1, 0.15) is 51.4 Å². The van der Waals surface area contributed by atoms with Gasteiger partial charge in [-0.2, -0.15) is 0 Å². The van der Waals surface area contributed by atoms with E-state index in [-0.39, 0.29) is 6.10 Å². The first-order valence-electron chi connectivity index (χ1n) is 8.40. The van der Waals surface area contributed by atoms with Crippen LogP contribution in [-0.4, -0.2) is 59.2 Å². The number of hydrogen-bond donors (Lipinski definition) is 2. The van der Waals surface area contributed by atoms with Gasteiger partial charge in [-0.05, 0) is 32.2 Å². The van der Waals surface area contributed by atoms with Gasteiger partial charge in [-0.25, -0.2) is 0 Å². The highest BCUT2D eigenvalue weighted by atomic mass is 16.5. The second-order valence-electron chi connectivity index (χ2n) is 7.03. The first-order chi connectivity index (χ1) is 9.68. The topological polar surface area (TPSA) is 52.9 Å². The Morgan fingerprint density at radius 3 is 2.55 bits per heavy atom. The Morgan fingerprint density at radius 2 is 1.80 bits per heavy atom. The van der Waals surface area contributed by atoms with Crippen molar-refractivity contribution in [2.45, 2.75) is 69.1 Å². The van der Waals surface area contributed by atoms with E-state index in [1.54, 1.807) is 0 Å². The highest BCUT2D eigenvalue weighted by molar-refractivity contribution is 4.94. The molecule has 20 heavy (non-hydrogen) atoms. The molecular weight excluding hydrogens is 254 g/mol. The van der Waals surface area contributed by atoms with E-state index < -0.39 is 5.60 Å². The summed E-state index contributed by atoms with van der Waals surface area (Å²) >= 11 is 0. The zero-order chi connectivity index (χ0) is 14.0. The summed E-state index contributed by atoms with van der Waals surface area (Å²) in [4.78, 5) is 2.46. The van der Waals surface area contributed by atoms with Gasteiger partial charge in [0.1, 0.15) is 0 Å². The zero-order valence-corrected chi connectivity index (χ0v) is 12.5. The molecule has 3 rings (SSSR count). The molecule has 3 fully saturated rings. The highest BCUT2D eigenvalue weighted by Crippen LogP contribution is 2.36. The molecule has 1 saturated carbocycles. The lowest BCUT2D eigenvalue weighted by Crippen LogP contribution is -2.51. The van der Waals surface area contributed by atoms with Crippen molar-refractivity contribution in [3.05, 3.63) is 0 Å². The van der Waals surface area contributed by atoms with Crippen molar-refractivity contribution in [2.24, 2.45) is 5.92 Å². The van der Waals surface area contributed by atoms with Gasteiger partial charge in [0.25, 0.3) is 0 Å². The monoisotopic (exact) mass is 283 g/mol. The van der Waals surface area contributed by atoms with Crippen LogP contribution >= 0.6 is 0 Å². The Morgan fingerprint density at radius 1 is 1.05 bits per heavy atom. The van der Waals surface area contributed by atoms with Crippen LogP contribution in [0.25, 0.3) is 0 Å². The molecule has 4 nitrogen and oxygen atoms in total. The average Bonchev–Trinajstić information content (AvgIpc) is 2.87. The van der Waals surface area contributed by atoms with Crippen LogP contribution in [0.5, 0.6) is 0 Å². The van der Waals surface area contributed by atoms with E-state index in [9.17, 15) is 10.2 Å². The summed E-state index contributed by atoms with van der Waals surface area (Å²) in [6, 6.07) is 0.483. The van der Waals surface area contributed by atoms with Crippen molar-refractivity contribution in [3.8, 4) is 0 Å².